The standard InChI is InChI=1S/C14H17F3N4/c15-14(16,17)13-5-10-8-21(20-12(10)7-19-13)11-3-1-9(6-18)2-4-11/h5,7-9,11H,1-4,6,18H2/t9-,11-. The number of alkyl halides is 3. The largest absolute Gasteiger partial charge is 0.433 e. The summed E-state index contributed by atoms with van der Waals surface area (Å²) in [5.41, 5.74) is 5.30. The molecule has 0 spiro atoms. The van der Waals surface area contributed by atoms with Crippen LogP contribution < -0.4 is 5.73 Å². The zero-order chi connectivity index (χ0) is 15.0. The molecule has 2 aromatic heterocycles. The Morgan fingerprint density at radius 3 is 2.57 bits per heavy atom. The number of nitrogens with two attached hydrogens (primary N) is 1. The molecule has 1 fully saturated rings. The van der Waals surface area contributed by atoms with Crippen LogP contribution >= 0.6 is 0 Å². The van der Waals surface area contributed by atoms with Gasteiger partial charge in [0.1, 0.15) is 11.2 Å². The van der Waals surface area contributed by atoms with Gasteiger partial charge in [-0.25, -0.2) is 4.98 Å². The van der Waals surface area contributed by atoms with Gasteiger partial charge in [-0.05, 0) is 44.2 Å². The lowest BCUT2D eigenvalue weighted by Crippen LogP contribution is -2.23. The predicted octanol–water partition coefficient (Wildman–Crippen LogP) is 3.14. The summed E-state index contributed by atoms with van der Waals surface area (Å²) in [6.07, 6.45) is 2.49. The van der Waals surface area contributed by atoms with Gasteiger partial charge >= 0.3 is 6.18 Å². The maximum Gasteiger partial charge on any atom is 0.433 e. The van der Waals surface area contributed by atoms with Crippen LogP contribution in [0.4, 0.5) is 13.2 Å². The lowest BCUT2D eigenvalue weighted by molar-refractivity contribution is -0.141. The second-order valence-electron chi connectivity index (χ2n) is 5.65. The van der Waals surface area contributed by atoms with Gasteiger partial charge in [-0.15, -0.1) is 0 Å². The number of fused-ring (bicyclic) bond motifs is 1. The summed E-state index contributed by atoms with van der Waals surface area (Å²) >= 11 is 0. The van der Waals surface area contributed by atoms with E-state index in [1.165, 1.54) is 6.20 Å². The first-order valence-corrected chi connectivity index (χ1v) is 7.09. The zero-order valence-electron chi connectivity index (χ0n) is 11.5. The number of rotatable bonds is 2. The van der Waals surface area contributed by atoms with E-state index < -0.39 is 11.9 Å². The molecule has 0 saturated heterocycles. The number of hydrogen-bond acceptors (Lipinski definition) is 3. The lowest BCUT2D eigenvalue weighted by Gasteiger charge is -2.27. The summed E-state index contributed by atoms with van der Waals surface area (Å²) in [4.78, 5) is 3.44. The Morgan fingerprint density at radius 2 is 1.95 bits per heavy atom. The van der Waals surface area contributed by atoms with E-state index in [4.69, 9.17) is 5.73 Å². The van der Waals surface area contributed by atoms with Crippen LogP contribution in [0.1, 0.15) is 37.4 Å². The van der Waals surface area contributed by atoms with Gasteiger partial charge in [0.15, 0.2) is 0 Å². The van der Waals surface area contributed by atoms with Gasteiger partial charge in [-0.2, -0.15) is 18.3 Å². The van der Waals surface area contributed by atoms with Crippen molar-refractivity contribution in [2.45, 2.75) is 37.9 Å². The molecular formula is C14H17F3N4. The van der Waals surface area contributed by atoms with Gasteiger partial charge < -0.3 is 5.73 Å². The minimum atomic E-state index is -4.42. The summed E-state index contributed by atoms with van der Waals surface area (Å²) in [6, 6.07) is 1.30. The van der Waals surface area contributed by atoms with Crippen LogP contribution in [0, 0.1) is 5.92 Å². The third-order valence-corrected chi connectivity index (χ3v) is 4.22. The molecule has 0 amide bonds. The maximum absolute atomic E-state index is 12.7. The molecule has 0 unspecified atom stereocenters. The summed E-state index contributed by atoms with van der Waals surface area (Å²) in [7, 11) is 0. The molecule has 2 heterocycles. The Bertz CT molecular complexity index is 627. The minimum Gasteiger partial charge on any atom is -0.330 e. The van der Waals surface area contributed by atoms with Gasteiger partial charge in [0.05, 0.1) is 12.2 Å². The van der Waals surface area contributed by atoms with Crippen molar-refractivity contribution in [1.82, 2.24) is 14.8 Å². The van der Waals surface area contributed by atoms with Gasteiger partial charge in [0.25, 0.3) is 0 Å². The first-order valence-electron chi connectivity index (χ1n) is 7.09. The summed E-state index contributed by atoms with van der Waals surface area (Å²) < 4.78 is 39.8. The number of aromatic nitrogens is 3. The fraction of sp³-hybridized carbons (Fsp3) is 0.571. The van der Waals surface area contributed by atoms with Crippen molar-refractivity contribution >= 4 is 10.9 Å². The number of hydrogen-bond donors (Lipinski definition) is 1. The molecule has 0 atom stereocenters. The predicted molar refractivity (Wildman–Crippen MR) is 72.6 cm³/mol. The van der Waals surface area contributed by atoms with Crippen LogP contribution in [0.15, 0.2) is 18.5 Å². The molecule has 0 aromatic carbocycles. The molecule has 1 saturated carbocycles. The van der Waals surface area contributed by atoms with E-state index in [1.807, 2.05) is 0 Å². The van der Waals surface area contributed by atoms with E-state index in [1.54, 1.807) is 10.9 Å². The van der Waals surface area contributed by atoms with Gasteiger partial charge in [-0.3, -0.25) is 4.68 Å². The van der Waals surface area contributed by atoms with E-state index >= 15 is 0 Å². The molecule has 3 rings (SSSR count). The Hall–Kier alpha value is -1.63. The molecule has 0 aliphatic heterocycles. The molecule has 0 radical (unpaired) electrons. The third-order valence-electron chi connectivity index (χ3n) is 4.22. The Morgan fingerprint density at radius 1 is 1.24 bits per heavy atom. The monoisotopic (exact) mass is 298 g/mol. The number of halogens is 3. The normalized spacial score (nSPS) is 23.6. The van der Waals surface area contributed by atoms with Gasteiger partial charge in [-0.1, -0.05) is 0 Å². The number of pyridine rings is 1. The molecule has 21 heavy (non-hydrogen) atoms. The van der Waals surface area contributed by atoms with Gasteiger partial charge in [0.2, 0.25) is 0 Å². The zero-order valence-corrected chi connectivity index (χ0v) is 11.5. The van der Waals surface area contributed by atoms with Crippen molar-refractivity contribution in [1.29, 1.82) is 0 Å². The summed E-state index contributed by atoms with van der Waals surface area (Å²) in [5, 5.41) is 4.85. The average molecular weight is 298 g/mol. The Kier molecular flexibility index (Phi) is 3.61. The molecular weight excluding hydrogens is 281 g/mol. The lowest BCUT2D eigenvalue weighted by atomic mass is 9.86. The molecule has 2 aromatic rings. The van der Waals surface area contributed by atoms with E-state index in [0.717, 1.165) is 31.7 Å². The SMILES string of the molecule is NC[C@H]1CC[C@H](n2cc3cc(C(F)(F)F)ncc3n2)CC1. The van der Waals surface area contributed by atoms with Crippen LogP contribution in [0.3, 0.4) is 0 Å². The number of nitrogens with zero attached hydrogens (tertiary/aromatic N) is 3. The van der Waals surface area contributed by atoms with Crippen LogP contribution in [-0.4, -0.2) is 21.3 Å². The molecule has 7 heteroatoms. The minimum absolute atomic E-state index is 0.245. The van der Waals surface area contributed by atoms with Crippen LogP contribution in [-0.2, 0) is 6.18 Å². The third kappa shape index (κ3) is 2.88. The second-order valence-corrected chi connectivity index (χ2v) is 5.65. The highest BCUT2D eigenvalue weighted by atomic mass is 19.4. The topological polar surface area (TPSA) is 56.7 Å². The fourth-order valence-corrected chi connectivity index (χ4v) is 2.93. The maximum atomic E-state index is 12.7. The first-order chi connectivity index (χ1) is 9.97. The molecule has 114 valence electrons. The van der Waals surface area contributed by atoms with Crippen molar-refractivity contribution < 1.29 is 13.2 Å². The van der Waals surface area contributed by atoms with Crippen LogP contribution in [0.5, 0.6) is 0 Å². The Labute approximate surface area is 120 Å². The van der Waals surface area contributed by atoms with Crippen molar-refractivity contribution in [3.05, 3.63) is 24.2 Å². The first kappa shape index (κ1) is 14.3. The van der Waals surface area contributed by atoms with Crippen LogP contribution in [0.2, 0.25) is 0 Å². The van der Waals surface area contributed by atoms with Gasteiger partial charge in [0, 0.05) is 11.6 Å². The highest BCUT2D eigenvalue weighted by molar-refractivity contribution is 5.77. The van der Waals surface area contributed by atoms with Crippen molar-refractivity contribution in [3.8, 4) is 0 Å². The smallest absolute Gasteiger partial charge is 0.330 e. The van der Waals surface area contributed by atoms with E-state index in [0.29, 0.717) is 23.4 Å². The van der Waals surface area contributed by atoms with Crippen molar-refractivity contribution in [2.24, 2.45) is 11.7 Å². The van der Waals surface area contributed by atoms with Crippen LogP contribution in [0.25, 0.3) is 10.9 Å². The highest BCUT2D eigenvalue weighted by Gasteiger charge is 2.33. The summed E-state index contributed by atoms with van der Waals surface area (Å²) in [5.74, 6) is 0.560. The quantitative estimate of drug-likeness (QED) is 0.926. The van der Waals surface area contributed by atoms with E-state index in [9.17, 15) is 13.2 Å². The fourth-order valence-electron chi connectivity index (χ4n) is 2.93. The Balaban J connectivity index is 1.84. The second kappa shape index (κ2) is 5.29. The van der Waals surface area contributed by atoms with E-state index in [2.05, 4.69) is 10.1 Å². The van der Waals surface area contributed by atoms with Crippen molar-refractivity contribution in [3.63, 3.8) is 0 Å². The molecule has 0 bridgehead atoms. The van der Waals surface area contributed by atoms with E-state index in [-0.39, 0.29) is 6.04 Å². The molecule has 2 N–H and O–H groups in total. The van der Waals surface area contributed by atoms with Crippen molar-refractivity contribution in [2.75, 3.05) is 6.54 Å². The summed E-state index contributed by atoms with van der Waals surface area (Å²) in [6.45, 7) is 0.701. The average Bonchev–Trinajstić information content (AvgIpc) is 2.89. The highest BCUT2D eigenvalue weighted by Crippen LogP contribution is 2.33. The molecule has 1 aliphatic rings. The molecule has 4 nitrogen and oxygen atoms in total. The molecule has 1 aliphatic carbocycles.